The third-order valence-electron chi connectivity index (χ3n) is 13.0. The van der Waals surface area contributed by atoms with Gasteiger partial charge in [-0.2, -0.15) is 0 Å². The summed E-state index contributed by atoms with van der Waals surface area (Å²) in [6.07, 6.45) is 14.9. The average Bonchev–Trinajstić information content (AvgIpc) is 2.90. The van der Waals surface area contributed by atoms with Crippen molar-refractivity contribution in [3.63, 3.8) is 0 Å². The molecule has 0 amide bonds. The van der Waals surface area contributed by atoms with Crippen molar-refractivity contribution >= 4 is 0 Å². The molecule has 9 rings (SSSR count). The van der Waals surface area contributed by atoms with Crippen LogP contribution < -0.4 is 0 Å². The van der Waals surface area contributed by atoms with Gasteiger partial charge in [0.1, 0.15) is 0 Å². The van der Waals surface area contributed by atoms with Crippen LogP contribution in [0.25, 0.3) is 0 Å². The van der Waals surface area contributed by atoms with Crippen LogP contribution in [-0.2, 0) is 0 Å². The molecule has 9 fully saturated rings. The predicted octanol–water partition coefficient (Wildman–Crippen LogP) is 3.75. The molecule has 11 atom stereocenters. The van der Waals surface area contributed by atoms with E-state index >= 15 is 0 Å². The molecule has 22 heavy (non-hydrogen) atoms. The lowest BCUT2D eigenvalue weighted by molar-refractivity contribution is -0.546. The van der Waals surface area contributed by atoms with Crippen LogP contribution in [0.1, 0.15) is 64.2 Å². The van der Waals surface area contributed by atoms with Gasteiger partial charge in [0.25, 0.3) is 0 Å². The fourth-order valence-electron chi connectivity index (χ4n) is 14.5. The van der Waals surface area contributed by atoms with Crippen molar-refractivity contribution in [2.24, 2.45) is 56.7 Å². The van der Waals surface area contributed by atoms with Crippen LogP contribution in [0.5, 0.6) is 0 Å². The Balaban J connectivity index is 1.52. The molecule has 4 bridgehead atoms. The van der Waals surface area contributed by atoms with Gasteiger partial charge in [-0.15, -0.1) is 0 Å². The molecule has 0 heterocycles. The molecule has 0 aromatic carbocycles. The van der Waals surface area contributed by atoms with Crippen molar-refractivity contribution in [1.82, 2.24) is 0 Å². The molecular formula is C21H26O. The summed E-state index contributed by atoms with van der Waals surface area (Å²) in [5, 5.41) is 12.1. The number of rotatable bonds is 0. The van der Waals surface area contributed by atoms with Crippen molar-refractivity contribution in [3.05, 3.63) is 0 Å². The average molecular weight is 294 g/mol. The first-order valence-electron chi connectivity index (χ1n) is 10.4. The maximum absolute atomic E-state index is 12.1. The van der Waals surface area contributed by atoms with Gasteiger partial charge in [0.15, 0.2) is 0 Å². The summed E-state index contributed by atoms with van der Waals surface area (Å²) < 4.78 is 0. The smallest absolute Gasteiger partial charge is 0.0723 e. The van der Waals surface area contributed by atoms with Crippen molar-refractivity contribution in [1.29, 1.82) is 0 Å². The van der Waals surface area contributed by atoms with Crippen LogP contribution in [0.4, 0.5) is 0 Å². The predicted molar refractivity (Wildman–Crippen MR) is 80.7 cm³/mol. The quantitative estimate of drug-likeness (QED) is 0.721. The van der Waals surface area contributed by atoms with Gasteiger partial charge in [0.05, 0.1) is 5.60 Å². The number of hydrogen-bond donors (Lipinski definition) is 1. The molecule has 0 aliphatic heterocycles. The highest BCUT2D eigenvalue weighted by Gasteiger charge is 3.12. The lowest BCUT2D eigenvalue weighted by Gasteiger charge is -3.00. The van der Waals surface area contributed by atoms with Crippen LogP contribution in [0.15, 0.2) is 0 Å². The minimum atomic E-state index is -0.190. The summed E-state index contributed by atoms with van der Waals surface area (Å²) in [5.41, 5.74) is 3.38. The first-order valence-corrected chi connectivity index (χ1v) is 10.4. The minimum absolute atomic E-state index is 0.190. The summed E-state index contributed by atoms with van der Waals surface area (Å²) in [5.74, 6) is 4.79. The zero-order chi connectivity index (χ0) is 14.0. The van der Waals surface area contributed by atoms with Crippen LogP contribution in [0.2, 0.25) is 0 Å². The Morgan fingerprint density at radius 1 is 0.682 bits per heavy atom. The maximum atomic E-state index is 12.1. The van der Waals surface area contributed by atoms with Crippen molar-refractivity contribution < 1.29 is 5.11 Å². The zero-order valence-electron chi connectivity index (χ0n) is 13.4. The Bertz CT molecular complexity index is 729. The number of hydrogen-bond acceptors (Lipinski definition) is 1. The first-order chi connectivity index (χ1) is 10.7. The molecule has 9 aliphatic rings. The highest BCUT2D eigenvalue weighted by Crippen LogP contribution is 3.15. The Hall–Kier alpha value is -0.0400. The molecule has 11 unspecified atom stereocenters. The van der Waals surface area contributed by atoms with Gasteiger partial charge >= 0.3 is 0 Å². The molecule has 1 N–H and O–H groups in total. The molecule has 0 aromatic heterocycles. The molecule has 1 nitrogen and oxygen atoms in total. The van der Waals surface area contributed by atoms with Crippen molar-refractivity contribution in [2.45, 2.75) is 69.8 Å². The van der Waals surface area contributed by atoms with Gasteiger partial charge in [-0.1, -0.05) is 12.8 Å². The molecular weight excluding hydrogens is 268 g/mol. The normalized spacial score (nSPS) is 88.0. The van der Waals surface area contributed by atoms with E-state index < -0.39 is 0 Å². The molecule has 0 aromatic rings. The fraction of sp³-hybridized carbons (Fsp3) is 1.00. The van der Waals surface area contributed by atoms with E-state index in [1.165, 1.54) is 44.9 Å². The van der Waals surface area contributed by atoms with E-state index in [1.54, 1.807) is 19.3 Å². The highest BCUT2D eigenvalue weighted by atomic mass is 16.3. The summed E-state index contributed by atoms with van der Waals surface area (Å²) in [4.78, 5) is 0. The largest absolute Gasteiger partial charge is 0.389 e. The van der Waals surface area contributed by atoms with Gasteiger partial charge in [0, 0.05) is 5.92 Å². The van der Waals surface area contributed by atoms with Gasteiger partial charge in [-0.25, -0.2) is 0 Å². The third-order valence-corrected chi connectivity index (χ3v) is 13.0. The lowest BCUT2D eigenvalue weighted by Crippen LogP contribution is -2.98. The molecule has 9 aliphatic carbocycles. The molecule has 9 saturated carbocycles. The van der Waals surface area contributed by atoms with Crippen LogP contribution in [0.3, 0.4) is 0 Å². The van der Waals surface area contributed by atoms with Gasteiger partial charge in [-0.3, -0.25) is 0 Å². The summed E-state index contributed by atoms with van der Waals surface area (Å²) in [7, 11) is 0. The molecule has 0 saturated heterocycles. The zero-order valence-corrected chi connectivity index (χ0v) is 13.4. The monoisotopic (exact) mass is 294 g/mol. The molecule has 116 valence electrons. The topological polar surface area (TPSA) is 20.2 Å². The summed E-state index contributed by atoms with van der Waals surface area (Å²) in [6.45, 7) is 0. The van der Waals surface area contributed by atoms with Crippen LogP contribution in [-0.4, -0.2) is 10.7 Å². The van der Waals surface area contributed by atoms with E-state index in [2.05, 4.69) is 0 Å². The van der Waals surface area contributed by atoms with Crippen LogP contribution in [0, 0.1) is 56.7 Å². The van der Waals surface area contributed by atoms with E-state index in [1.807, 2.05) is 0 Å². The second kappa shape index (κ2) is 2.25. The molecule has 2 spiro atoms. The Morgan fingerprint density at radius 3 is 2.41 bits per heavy atom. The Labute approximate surface area is 132 Å². The van der Waals surface area contributed by atoms with Gasteiger partial charge in [0.2, 0.25) is 0 Å². The Morgan fingerprint density at radius 2 is 1.45 bits per heavy atom. The Kier molecular flexibility index (Phi) is 1.10. The molecule has 1 heteroatoms. The van der Waals surface area contributed by atoms with E-state index in [-0.39, 0.29) is 5.60 Å². The van der Waals surface area contributed by atoms with E-state index in [4.69, 9.17) is 0 Å². The lowest BCUT2D eigenvalue weighted by atomic mass is 9.03. The highest BCUT2D eigenvalue weighted by molar-refractivity contribution is 5.59. The summed E-state index contributed by atoms with van der Waals surface area (Å²) in [6, 6.07) is 0. The standard InChI is InChI=1S/C21H26O/c22-20-8-2-5-17-11-10-16-4-1-6-18(16,12(11)20)14-13(16)21(17)9-3-7-19(14,21)15(17)20/h11-15,22H,1-10H2. The maximum Gasteiger partial charge on any atom is 0.0723 e. The minimum Gasteiger partial charge on any atom is -0.389 e. The van der Waals surface area contributed by atoms with Gasteiger partial charge < -0.3 is 5.11 Å². The fourth-order valence-corrected chi connectivity index (χ4v) is 14.5. The van der Waals surface area contributed by atoms with Crippen molar-refractivity contribution in [3.8, 4) is 0 Å². The van der Waals surface area contributed by atoms with Crippen molar-refractivity contribution in [2.75, 3.05) is 0 Å². The second-order valence-electron chi connectivity index (χ2n) is 11.5. The van der Waals surface area contributed by atoms with Gasteiger partial charge in [-0.05, 0) is 102 Å². The SMILES string of the molecule is OC12CCCC34C5CC67CCCC6(C51)C1C7C35CCCC15C24. The number of aliphatic hydroxyl groups is 1. The van der Waals surface area contributed by atoms with E-state index in [0.717, 1.165) is 40.4 Å². The van der Waals surface area contributed by atoms with Crippen LogP contribution >= 0.6 is 0 Å². The second-order valence-corrected chi connectivity index (χ2v) is 11.5. The molecule has 0 radical (unpaired) electrons. The van der Waals surface area contributed by atoms with E-state index in [0.29, 0.717) is 16.2 Å². The first kappa shape index (κ1) is 10.7. The summed E-state index contributed by atoms with van der Waals surface area (Å²) >= 11 is 0. The third kappa shape index (κ3) is 0.467. The van der Waals surface area contributed by atoms with E-state index in [9.17, 15) is 5.11 Å².